The van der Waals surface area contributed by atoms with Crippen molar-refractivity contribution in [3.05, 3.63) is 29.3 Å². The van der Waals surface area contributed by atoms with E-state index in [4.69, 9.17) is 4.74 Å². The Hall–Kier alpha value is -1.02. The molecule has 0 spiro atoms. The van der Waals surface area contributed by atoms with E-state index in [0.717, 1.165) is 25.0 Å². The van der Waals surface area contributed by atoms with E-state index in [-0.39, 0.29) is 23.0 Å². The molecule has 1 aromatic carbocycles. The van der Waals surface area contributed by atoms with Crippen LogP contribution in [0, 0.1) is 12.3 Å². The second-order valence-electron chi connectivity index (χ2n) is 7.53. The Balaban J connectivity index is 2.18. The molecule has 1 aliphatic rings. The lowest BCUT2D eigenvalue weighted by molar-refractivity contribution is -0.159. The monoisotopic (exact) mass is 290 g/mol. The molecule has 0 aliphatic heterocycles. The van der Waals surface area contributed by atoms with Gasteiger partial charge in [0.25, 0.3) is 0 Å². The Labute approximate surface area is 129 Å². The van der Waals surface area contributed by atoms with Gasteiger partial charge in [-0.2, -0.15) is 0 Å². The van der Waals surface area contributed by atoms with Crippen molar-refractivity contribution in [2.75, 3.05) is 0 Å². The van der Waals surface area contributed by atoms with Crippen LogP contribution in [0.1, 0.15) is 65.0 Å². The number of rotatable bonds is 4. The highest BCUT2D eigenvalue weighted by Gasteiger charge is 2.53. The number of aliphatic hydroxyl groups is 1. The molecule has 2 atom stereocenters. The molecule has 21 heavy (non-hydrogen) atoms. The van der Waals surface area contributed by atoms with Gasteiger partial charge in [0.05, 0.1) is 6.10 Å². The molecule has 0 saturated heterocycles. The molecule has 2 nitrogen and oxygen atoms in total. The molecular weight excluding hydrogens is 260 g/mol. The molecular formula is C19H30O2. The number of hydrogen-bond acceptors (Lipinski definition) is 2. The van der Waals surface area contributed by atoms with Crippen LogP contribution >= 0.6 is 0 Å². The first kappa shape index (κ1) is 16.4. The van der Waals surface area contributed by atoms with Gasteiger partial charge in [-0.25, -0.2) is 0 Å². The normalized spacial score (nSPS) is 24.5. The molecule has 1 N–H and O–H groups in total. The minimum Gasteiger partial charge on any atom is -0.489 e. The number of benzene rings is 1. The minimum atomic E-state index is -0.216. The third-order valence-electron chi connectivity index (χ3n) is 5.37. The molecule has 1 fully saturated rings. The lowest BCUT2D eigenvalue weighted by atomic mass is 9.60. The van der Waals surface area contributed by atoms with Gasteiger partial charge < -0.3 is 9.84 Å². The molecule has 1 aliphatic carbocycles. The van der Waals surface area contributed by atoms with E-state index in [2.05, 4.69) is 59.7 Å². The topological polar surface area (TPSA) is 29.5 Å². The Kier molecular flexibility index (Phi) is 4.39. The summed E-state index contributed by atoms with van der Waals surface area (Å²) in [4.78, 5) is 0. The fourth-order valence-electron chi connectivity index (χ4n) is 3.47. The number of aryl methyl sites for hydroxylation is 1. The molecule has 0 heterocycles. The summed E-state index contributed by atoms with van der Waals surface area (Å²) in [6, 6.07) is 6.48. The number of hydrogen-bond donors (Lipinski definition) is 1. The zero-order chi connectivity index (χ0) is 15.8. The maximum atomic E-state index is 10.1. The second-order valence-corrected chi connectivity index (χ2v) is 7.53. The van der Waals surface area contributed by atoms with E-state index < -0.39 is 0 Å². The SMILES string of the molecule is CCC1(CC)C(O)CC1Oc1ccc(C(C)(C)C)cc1C. The first-order chi connectivity index (χ1) is 9.74. The standard InChI is InChI=1S/C19H30O2/c1-7-19(8-2)16(20)12-17(19)21-15-10-9-14(11-13(15)3)18(4,5)6/h9-11,16-17,20H,7-8,12H2,1-6H3. The van der Waals surface area contributed by atoms with Crippen LogP contribution in [0.5, 0.6) is 5.75 Å². The van der Waals surface area contributed by atoms with Crippen molar-refractivity contribution in [3.63, 3.8) is 0 Å². The van der Waals surface area contributed by atoms with Gasteiger partial charge >= 0.3 is 0 Å². The van der Waals surface area contributed by atoms with Crippen LogP contribution < -0.4 is 4.74 Å². The fourth-order valence-corrected chi connectivity index (χ4v) is 3.47. The Morgan fingerprint density at radius 1 is 1.24 bits per heavy atom. The van der Waals surface area contributed by atoms with Gasteiger partial charge in [0, 0.05) is 11.8 Å². The third kappa shape index (κ3) is 2.83. The van der Waals surface area contributed by atoms with Crippen molar-refractivity contribution in [3.8, 4) is 5.75 Å². The van der Waals surface area contributed by atoms with E-state index in [1.54, 1.807) is 0 Å². The van der Waals surface area contributed by atoms with Gasteiger partial charge in [0.2, 0.25) is 0 Å². The van der Waals surface area contributed by atoms with Crippen LogP contribution in [0.3, 0.4) is 0 Å². The van der Waals surface area contributed by atoms with Gasteiger partial charge in [-0.1, -0.05) is 46.8 Å². The summed E-state index contributed by atoms with van der Waals surface area (Å²) in [7, 11) is 0. The Morgan fingerprint density at radius 2 is 1.86 bits per heavy atom. The van der Waals surface area contributed by atoms with Crippen molar-refractivity contribution in [2.45, 2.75) is 78.4 Å². The smallest absolute Gasteiger partial charge is 0.122 e. The minimum absolute atomic E-state index is 0.0604. The highest BCUT2D eigenvalue weighted by Crippen LogP contribution is 2.49. The van der Waals surface area contributed by atoms with Crippen molar-refractivity contribution < 1.29 is 9.84 Å². The van der Waals surface area contributed by atoms with E-state index in [9.17, 15) is 5.11 Å². The average molecular weight is 290 g/mol. The summed E-state index contributed by atoms with van der Waals surface area (Å²) >= 11 is 0. The van der Waals surface area contributed by atoms with Crippen molar-refractivity contribution in [2.24, 2.45) is 5.41 Å². The van der Waals surface area contributed by atoms with E-state index in [1.165, 1.54) is 11.1 Å². The largest absolute Gasteiger partial charge is 0.489 e. The van der Waals surface area contributed by atoms with Crippen LogP contribution in [0.2, 0.25) is 0 Å². The predicted molar refractivity (Wildman–Crippen MR) is 87.9 cm³/mol. The molecule has 2 rings (SSSR count). The van der Waals surface area contributed by atoms with Gasteiger partial charge in [0.1, 0.15) is 11.9 Å². The lowest BCUT2D eigenvalue weighted by Crippen LogP contribution is -2.59. The number of ether oxygens (including phenoxy) is 1. The molecule has 1 saturated carbocycles. The summed E-state index contributed by atoms with van der Waals surface area (Å²) in [5, 5.41) is 10.1. The fraction of sp³-hybridized carbons (Fsp3) is 0.684. The highest BCUT2D eigenvalue weighted by atomic mass is 16.5. The predicted octanol–water partition coefficient (Wildman–Crippen LogP) is 4.61. The van der Waals surface area contributed by atoms with Crippen molar-refractivity contribution >= 4 is 0 Å². The molecule has 2 heteroatoms. The lowest BCUT2D eigenvalue weighted by Gasteiger charge is -2.52. The summed E-state index contributed by atoms with van der Waals surface area (Å²) < 4.78 is 6.26. The zero-order valence-corrected chi connectivity index (χ0v) is 14.4. The molecule has 1 aromatic rings. The van der Waals surface area contributed by atoms with Gasteiger partial charge in [-0.15, -0.1) is 0 Å². The molecule has 0 amide bonds. The first-order valence-electron chi connectivity index (χ1n) is 8.20. The second kappa shape index (κ2) is 5.64. The number of aliphatic hydroxyl groups excluding tert-OH is 1. The quantitative estimate of drug-likeness (QED) is 0.877. The maximum absolute atomic E-state index is 10.1. The van der Waals surface area contributed by atoms with Crippen LogP contribution in [0.4, 0.5) is 0 Å². The van der Waals surface area contributed by atoms with Crippen LogP contribution in [0.25, 0.3) is 0 Å². The average Bonchev–Trinajstić information content (AvgIpc) is 2.40. The van der Waals surface area contributed by atoms with Crippen molar-refractivity contribution in [1.82, 2.24) is 0 Å². The summed E-state index contributed by atoms with van der Waals surface area (Å²) in [6.07, 6.45) is 2.61. The van der Waals surface area contributed by atoms with Gasteiger partial charge in [-0.05, 0) is 42.4 Å². The zero-order valence-electron chi connectivity index (χ0n) is 14.4. The third-order valence-corrected chi connectivity index (χ3v) is 5.37. The maximum Gasteiger partial charge on any atom is 0.122 e. The summed E-state index contributed by atoms with van der Waals surface area (Å²) in [6.45, 7) is 13.1. The Bertz CT molecular complexity index is 495. The van der Waals surface area contributed by atoms with Gasteiger partial charge in [-0.3, -0.25) is 0 Å². The van der Waals surface area contributed by atoms with Crippen LogP contribution in [0.15, 0.2) is 18.2 Å². The van der Waals surface area contributed by atoms with E-state index >= 15 is 0 Å². The van der Waals surface area contributed by atoms with E-state index in [0.29, 0.717) is 0 Å². The molecule has 0 bridgehead atoms. The summed E-state index contributed by atoms with van der Waals surface area (Å²) in [5.41, 5.74) is 2.62. The van der Waals surface area contributed by atoms with Crippen LogP contribution in [-0.4, -0.2) is 17.3 Å². The highest BCUT2D eigenvalue weighted by molar-refractivity contribution is 5.39. The Morgan fingerprint density at radius 3 is 2.29 bits per heavy atom. The first-order valence-corrected chi connectivity index (χ1v) is 8.20. The molecule has 0 aromatic heterocycles. The summed E-state index contributed by atoms with van der Waals surface area (Å²) in [5.74, 6) is 0.964. The van der Waals surface area contributed by atoms with Crippen LogP contribution in [-0.2, 0) is 5.41 Å². The molecule has 118 valence electrons. The molecule has 2 unspecified atom stereocenters. The van der Waals surface area contributed by atoms with Gasteiger partial charge in [0.15, 0.2) is 0 Å². The van der Waals surface area contributed by atoms with Crippen molar-refractivity contribution in [1.29, 1.82) is 0 Å². The molecule has 0 radical (unpaired) electrons. The van der Waals surface area contributed by atoms with E-state index in [1.807, 2.05) is 0 Å².